The van der Waals surface area contributed by atoms with Gasteiger partial charge in [-0.05, 0) is 36.4 Å². The van der Waals surface area contributed by atoms with Crippen LogP contribution in [0.2, 0.25) is 10.0 Å². The number of carboxylic acids is 1. The maximum atomic E-state index is 14.8. The summed E-state index contributed by atoms with van der Waals surface area (Å²) in [4.78, 5) is 24.4. The van der Waals surface area contributed by atoms with Crippen LogP contribution in [0.1, 0.15) is 26.3 Å². The molecule has 0 fully saturated rings. The van der Waals surface area contributed by atoms with Crippen LogP contribution in [0, 0.1) is 5.82 Å². The lowest BCUT2D eigenvalue weighted by Crippen LogP contribution is -2.20. The zero-order valence-electron chi connectivity index (χ0n) is 16.1. The molecule has 11 heteroatoms. The number of carboxylic acid groups (broad SMARTS) is 1. The van der Waals surface area contributed by atoms with Crippen molar-refractivity contribution in [2.45, 2.75) is 6.18 Å². The van der Waals surface area contributed by atoms with Gasteiger partial charge in [0.15, 0.2) is 0 Å². The molecule has 0 aliphatic heterocycles. The predicted octanol–water partition coefficient (Wildman–Crippen LogP) is 6.55. The minimum Gasteiger partial charge on any atom is -0.478 e. The van der Waals surface area contributed by atoms with Crippen molar-refractivity contribution >= 4 is 46.0 Å². The van der Waals surface area contributed by atoms with Crippen LogP contribution >= 0.6 is 23.2 Å². The second kappa shape index (κ2) is 8.17. The average Bonchev–Trinajstić information content (AvgIpc) is 3.13. The highest BCUT2D eigenvalue weighted by molar-refractivity contribution is 6.34. The van der Waals surface area contributed by atoms with Crippen LogP contribution in [0.15, 0.2) is 54.6 Å². The molecule has 4 aromatic rings. The highest BCUT2D eigenvalue weighted by Crippen LogP contribution is 2.37. The van der Waals surface area contributed by atoms with Crippen molar-refractivity contribution in [3.8, 4) is 11.3 Å². The summed E-state index contributed by atoms with van der Waals surface area (Å²) in [6.07, 6.45) is -4.88. The molecule has 0 saturated heterocycles. The zero-order chi connectivity index (χ0) is 24.1. The Labute approximate surface area is 192 Å². The Morgan fingerprint density at radius 1 is 0.970 bits per heavy atom. The highest BCUT2D eigenvalue weighted by Gasteiger charge is 2.37. The Hall–Kier alpha value is -3.43. The van der Waals surface area contributed by atoms with Gasteiger partial charge in [-0.2, -0.15) is 23.0 Å². The smallest absolute Gasteiger partial charge is 0.417 e. The molecule has 0 radical (unpaired) electrons. The summed E-state index contributed by atoms with van der Waals surface area (Å²) in [6, 6.07) is 10.2. The van der Waals surface area contributed by atoms with E-state index in [9.17, 15) is 27.2 Å². The van der Waals surface area contributed by atoms with Gasteiger partial charge >= 0.3 is 12.1 Å². The van der Waals surface area contributed by atoms with Crippen LogP contribution in [-0.2, 0) is 6.18 Å². The zero-order valence-corrected chi connectivity index (χ0v) is 17.6. The fraction of sp³-hybridized carbons (Fsp3) is 0.0455. The second-order valence-corrected chi connectivity index (χ2v) is 7.67. The number of rotatable bonds is 3. The minimum atomic E-state index is -4.88. The number of halogens is 6. The van der Waals surface area contributed by atoms with E-state index in [-0.39, 0.29) is 32.7 Å². The van der Waals surface area contributed by atoms with Gasteiger partial charge < -0.3 is 5.11 Å². The molecule has 0 atom stereocenters. The normalized spacial score (nSPS) is 11.7. The van der Waals surface area contributed by atoms with Gasteiger partial charge in [-0.25, -0.2) is 9.18 Å². The van der Waals surface area contributed by atoms with Crippen molar-refractivity contribution in [3.63, 3.8) is 0 Å². The van der Waals surface area contributed by atoms with Gasteiger partial charge in [0, 0.05) is 5.56 Å². The molecule has 5 nitrogen and oxygen atoms in total. The Bertz CT molecular complexity index is 1450. The van der Waals surface area contributed by atoms with E-state index in [0.29, 0.717) is 10.7 Å². The first-order valence-corrected chi connectivity index (χ1v) is 9.87. The Morgan fingerprint density at radius 3 is 2.30 bits per heavy atom. The molecule has 3 aromatic carbocycles. The number of aromatic carboxylic acids is 1. The first kappa shape index (κ1) is 22.8. The quantitative estimate of drug-likeness (QED) is 0.326. The van der Waals surface area contributed by atoms with Gasteiger partial charge in [-0.15, -0.1) is 0 Å². The summed E-state index contributed by atoms with van der Waals surface area (Å²) in [5.41, 5.74) is -2.40. The van der Waals surface area contributed by atoms with Crippen molar-refractivity contribution in [2.75, 3.05) is 0 Å². The van der Waals surface area contributed by atoms with Gasteiger partial charge in [0.2, 0.25) is 0 Å². The second-order valence-electron chi connectivity index (χ2n) is 6.86. The van der Waals surface area contributed by atoms with Gasteiger partial charge in [0.25, 0.3) is 5.91 Å². The molecule has 4 rings (SSSR count). The summed E-state index contributed by atoms with van der Waals surface area (Å²) >= 11 is 11.9. The van der Waals surface area contributed by atoms with Crippen molar-refractivity contribution in [1.82, 2.24) is 9.78 Å². The maximum absolute atomic E-state index is 14.8. The van der Waals surface area contributed by atoms with Crippen molar-refractivity contribution < 1.29 is 32.3 Å². The number of alkyl halides is 3. The van der Waals surface area contributed by atoms with Gasteiger partial charge in [-0.1, -0.05) is 41.4 Å². The molecule has 168 valence electrons. The third-order valence-electron chi connectivity index (χ3n) is 4.85. The number of benzene rings is 3. The molecule has 0 aliphatic rings. The fourth-order valence-corrected chi connectivity index (χ4v) is 3.92. The molecule has 33 heavy (non-hydrogen) atoms. The van der Waals surface area contributed by atoms with Gasteiger partial charge in [0.1, 0.15) is 11.5 Å². The Balaban J connectivity index is 1.98. The Morgan fingerprint density at radius 2 is 1.67 bits per heavy atom. The van der Waals surface area contributed by atoms with Crippen molar-refractivity contribution in [3.05, 3.63) is 87.2 Å². The first-order chi connectivity index (χ1) is 15.5. The van der Waals surface area contributed by atoms with E-state index in [2.05, 4.69) is 5.10 Å². The van der Waals surface area contributed by atoms with Crippen LogP contribution in [-0.4, -0.2) is 26.8 Å². The first-order valence-electron chi connectivity index (χ1n) is 9.11. The van der Waals surface area contributed by atoms with Crippen LogP contribution in [0.3, 0.4) is 0 Å². The predicted molar refractivity (Wildman–Crippen MR) is 113 cm³/mol. The third kappa shape index (κ3) is 3.94. The number of hydrogen-bond acceptors (Lipinski definition) is 3. The SMILES string of the molecule is O=C(O)c1ccc(-c2nn(C(=O)c3c(Cl)cccc3C(F)(F)F)c3cccc(F)c23)cc1Cl. The molecular weight excluding hydrogens is 487 g/mol. The van der Waals surface area contributed by atoms with Crippen LogP contribution in [0.25, 0.3) is 22.2 Å². The third-order valence-corrected chi connectivity index (χ3v) is 5.48. The molecule has 0 aliphatic carbocycles. The lowest BCUT2D eigenvalue weighted by molar-refractivity contribution is -0.137. The van der Waals surface area contributed by atoms with Crippen molar-refractivity contribution in [2.24, 2.45) is 0 Å². The monoisotopic (exact) mass is 496 g/mol. The van der Waals surface area contributed by atoms with E-state index in [1.807, 2.05) is 0 Å². The number of hydrogen-bond donors (Lipinski definition) is 1. The molecule has 0 amide bonds. The summed E-state index contributed by atoms with van der Waals surface area (Å²) in [5.74, 6) is -3.31. The van der Waals surface area contributed by atoms with Crippen LogP contribution in [0.4, 0.5) is 17.6 Å². The van der Waals surface area contributed by atoms with E-state index in [1.165, 1.54) is 30.3 Å². The van der Waals surface area contributed by atoms with E-state index in [1.54, 1.807) is 0 Å². The molecule has 0 spiro atoms. The molecule has 1 aromatic heterocycles. The Kier molecular flexibility index (Phi) is 5.63. The topological polar surface area (TPSA) is 72.2 Å². The van der Waals surface area contributed by atoms with Gasteiger partial charge in [0.05, 0.1) is 37.6 Å². The summed E-state index contributed by atoms with van der Waals surface area (Å²) in [5, 5.41) is 12.4. The highest BCUT2D eigenvalue weighted by atomic mass is 35.5. The fourth-order valence-electron chi connectivity index (χ4n) is 3.40. The molecule has 1 heterocycles. The molecule has 0 saturated carbocycles. The number of carbonyl (C=O) groups excluding carboxylic acids is 1. The van der Waals surface area contributed by atoms with Crippen LogP contribution in [0.5, 0.6) is 0 Å². The summed E-state index contributed by atoms with van der Waals surface area (Å²) < 4.78 is 56.0. The van der Waals surface area contributed by atoms with E-state index < -0.39 is 40.0 Å². The summed E-state index contributed by atoms with van der Waals surface area (Å²) in [6.45, 7) is 0. The van der Waals surface area contributed by atoms with Gasteiger partial charge in [-0.3, -0.25) is 4.79 Å². The summed E-state index contributed by atoms with van der Waals surface area (Å²) in [7, 11) is 0. The maximum Gasteiger partial charge on any atom is 0.417 e. The lowest BCUT2D eigenvalue weighted by Gasteiger charge is -2.13. The van der Waals surface area contributed by atoms with Crippen molar-refractivity contribution in [1.29, 1.82) is 0 Å². The number of carbonyl (C=O) groups is 2. The molecule has 0 unspecified atom stereocenters. The number of nitrogens with zero attached hydrogens (tertiary/aromatic N) is 2. The largest absolute Gasteiger partial charge is 0.478 e. The van der Waals surface area contributed by atoms with E-state index >= 15 is 0 Å². The van der Waals surface area contributed by atoms with E-state index in [4.69, 9.17) is 28.3 Å². The average molecular weight is 497 g/mol. The molecule has 0 bridgehead atoms. The molecule has 1 N–H and O–H groups in total. The van der Waals surface area contributed by atoms with Crippen LogP contribution < -0.4 is 0 Å². The lowest BCUT2D eigenvalue weighted by atomic mass is 10.0. The number of fused-ring (bicyclic) bond motifs is 1. The number of aromatic nitrogens is 2. The minimum absolute atomic E-state index is 0.110. The molecular formula is C22H10Cl2F4N2O3. The van der Waals surface area contributed by atoms with E-state index in [0.717, 1.165) is 18.2 Å². The standard InChI is InChI=1S/C22H10Cl2F4N2O3/c23-13-4-1-3-12(22(26,27)28)17(13)20(31)30-16-6-2-5-15(25)18(16)19(29-30)10-7-8-11(21(32)33)14(24)9-10/h1-9H,(H,32,33).